The van der Waals surface area contributed by atoms with E-state index in [1.165, 1.54) is 0 Å². The van der Waals surface area contributed by atoms with Crippen LogP contribution in [-0.4, -0.2) is 43.5 Å². The van der Waals surface area contributed by atoms with Crippen molar-refractivity contribution in [2.45, 2.75) is 46.2 Å². The van der Waals surface area contributed by atoms with E-state index in [1.54, 1.807) is 6.92 Å². The maximum Gasteiger partial charge on any atom is 0.236 e. The maximum atomic E-state index is 11.6. The van der Waals surface area contributed by atoms with E-state index in [0.29, 0.717) is 0 Å². The molecule has 0 saturated carbocycles. The molecule has 0 fully saturated rings. The Balaban J connectivity index is 4.39. The summed E-state index contributed by atoms with van der Waals surface area (Å²) < 4.78 is 0. The summed E-state index contributed by atoms with van der Waals surface area (Å²) in [5.74, 6) is -0.0707. The Bertz CT molecular complexity index is 219. The number of amides is 1. The molecular formula is C12H27N3O. The smallest absolute Gasteiger partial charge is 0.236 e. The lowest BCUT2D eigenvalue weighted by Crippen LogP contribution is -2.50. The summed E-state index contributed by atoms with van der Waals surface area (Å²) in [6.07, 6.45) is 0.939. The van der Waals surface area contributed by atoms with Crippen LogP contribution in [0.3, 0.4) is 0 Å². The molecule has 2 atom stereocenters. The van der Waals surface area contributed by atoms with Crippen LogP contribution in [0, 0.1) is 5.41 Å². The van der Waals surface area contributed by atoms with E-state index in [9.17, 15) is 4.79 Å². The number of carbonyl (C=O) groups is 1. The average Bonchev–Trinajstić information content (AvgIpc) is 2.09. The van der Waals surface area contributed by atoms with Crippen molar-refractivity contribution in [3.8, 4) is 0 Å². The second-order valence-corrected chi connectivity index (χ2v) is 5.81. The van der Waals surface area contributed by atoms with Crippen molar-refractivity contribution in [3.05, 3.63) is 0 Å². The Hall–Kier alpha value is -0.610. The van der Waals surface area contributed by atoms with Crippen molar-refractivity contribution in [1.82, 2.24) is 10.2 Å². The SMILES string of the molecule is CC(N)C(=O)NC(CCN(C)C)C(C)(C)C. The zero-order valence-corrected chi connectivity index (χ0v) is 11.5. The minimum Gasteiger partial charge on any atom is -0.351 e. The molecule has 96 valence electrons. The molecule has 2 unspecified atom stereocenters. The number of nitrogens with zero attached hydrogens (tertiary/aromatic N) is 1. The molecule has 1 amide bonds. The van der Waals surface area contributed by atoms with Gasteiger partial charge in [0, 0.05) is 6.04 Å². The highest BCUT2D eigenvalue weighted by atomic mass is 16.2. The van der Waals surface area contributed by atoms with Crippen molar-refractivity contribution < 1.29 is 4.79 Å². The normalized spacial score (nSPS) is 16.0. The summed E-state index contributed by atoms with van der Waals surface area (Å²) in [6, 6.07) is -0.280. The van der Waals surface area contributed by atoms with Gasteiger partial charge >= 0.3 is 0 Å². The third kappa shape index (κ3) is 6.08. The molecule has 4 heteroatoms. The Kier molecular flexibility index (Phi) is 5.97. The molecule has 3 N–H and O–H groups in total. The van der Waals surface area contributed by atoms with Gasteiger partial charge in [0.15, 0.2) is 0 Å². The van der Waals surface area contributed by atoms with Gasteiger partial charge in [0.1, 0.15) is 0 Å². The van der Waals surface area contributed by atoms with E-state index in [2.05, 4.69) is 31.0 Å². The molecule has 16 heavy (non-hydrogen) atoms. The molecule has 0 aromatic rings. The van der Waals surface area contributed by atoms with Crippen LogP contribution in [0.25, 0.3) is 0 Å². The van der Waals surface area contributed by atoms with Crippen LogP contribution >= 0.6 is 0 Å². The molecular weight excluding hydrogens is 202 g/mol. The Labute approximate surface area is 99.6 Å². The highest BCUT2D eigenvalue weighted by molar-refractivity contribution is 5.81. The van der Waals surface area contributed by atoms with Gasteiger partial charge < -0.3 is 16.0 Å². The summed E-state index contributed by atoms with van der Waals surface area (Å²) in [5, 5.41) is 3.02. The largest absolute Gasteiger partial charge is 0.351 e. The standard InChI is InChI=1S/C12H27N3O/c1-9(13)11(16)14-10(12(2,3)4)7-8-15(5)6/h9-10H,7-8,13H2,1-6H3,(H,14,16). The number of nitrogens with two attached hydrogens (primary N) is 1. The minimum absolute atomic E-state index is 0.0561. The first-order valence-corrected chi connectivity index (χ1v) is 5.85. The number of hydrogen-bond acceptors (Lipinski definition) is 3. The van der Waals surface area contributed by atoms with Crippen LogP contribution in [0.2, 0.25) is 0 Å². The molecule has 0 rings (SSSR count). The van der Waals surface area contributed by atoms with Gasteiger partial charge in [0.05, 0.1) is 6.04 Å². The van der Waals surface area contributed by atoms with E-state index in [1.807, 2.05) is 14.1 Å². The summed E-state index contributed by atoms with van der Waals surface area (Å²) in [5.41, 5.74) is 5.62. The van der Waals surface area contributed by atoms with Gasteiger partial charge in [-0.3, -0.25) is 4.79 Å². The van der Waals surface area contributed by atoms with E-state index in [-0.39, 0.29) is 17.4 Å². The Morgan fingerprint density at radius 3 is 2.19 bits per heavy atom. The highest BCUT2D eigenvalue weighted by Crippen LogP contribution is 2.21. The quantitative estimate of drug-likeness (QED) is 0.733. The van der Waals surface area contributed by atoms with Gasteiger partial charge in [-0.1, -0.05) is 20.8 Å². The van der Waals surface area contributed by atoms with Crippen molar-refractivity contribution >= 4 is 5.91 Å². The van der Waals surface area contributed by atoms with E-state index < -0.39 is 6.04 Å². The fraction of sp³-hybridized carbons (Fsp3) is 0.917. The molecule has 0 aromatic carbocycles. The van der Waals surface area contributed by atoms with Gasteiger partial charge in [-0.15, -0.1) is 0 Å². The molecule has 0 heterocycles. The fourth-order valence-electron chi connectivity index (χ4n) is 1.41. The van der Waals surface area contributed by atoms with Crippen LogP contribution in [0.5, 0.6) is 0 Å². The number of nitrogens with one attached hydrogen (secondary N) is 1. The summed E-state index contributed by atoms with van der Waals surface area (Å²) in [4.78, 5) is 13.7. The molecule has 0 saturated heterocycles. The second-order valence-electron chi connectivity index (χ2n) is 5.81. The molecule has 0 spiro atoms. The lowest BCUT2D eigenvalue weighted by Gasteiger charge is -2.33. The second kappa shape index (κ2) is 6.21. The zero-order chi connectivity index (χ0) is 12.9. The van der Waals surface area contributed by atoms with Crippen LogP contribution in [0.15, 0.2) is 0 Å². The third-order valence-electron chi connectivity index (χ3n) is 2.64. The molecule has 0 bridgehead atoms. The topological polar surface area (TPSA) is 58.4 Å². The highest BCUT2D eigenvalue weighted by Gasteiger charge is 2.26. The summed E-state index contributed by atoms with van der Waals surface area (Å²) >= 11 is 0. The van der Waals surface area contributed by atoms with E-state index in [4.69, 9.17) is 5.73 Å². The van der Waals surface area contributed by atoms with Gasteiger partial charge in [-0.25, -0.2) is 0 Å². The van der Waals surface area contributed by atoms with Crippen LogP contribution < -0.4 is 11.1 Å². The molecule has 0 aromatic heterocycles. The minimum atomic E-state index is -0.441. The average molecular weight is 229 g/mol. The first-order chi connectivity index (χ1) is 7.14. The first-order valence-electron chi connectivity index (χ1n) is 5.85. The van der Waals surface area contributed by atoms with Crippen LogP contribution in [-0.2, 0) is 4.79 Å². The third-order valence-corrected chi connectivity index (χ3v) is 2.64. The van der Waals surface area contributed by atoms with E-state index >= 15 is 0 Å². The summed E-state index contributed by atoms with van der Waals surface area (Å²) in [6.45, 7) is 9.07. The van der Waals surface area contributed by atoms with Crippen LogP contribution in [0.1, 0.15) is 34.1 Å². The maximum absolute atomic E-state index is 11.6. The van der Waals surface area contributed by atoms with Gasteiger partial charge in [0.25, 0.3) is 0 Å². The van der Waals surface area contributed by atoms with Gasteiger partial charge in [-0.2, -0.15) is 0 Å². The number of rotatable bonds is 5. The van der Waals surface area contributed by atoms with E-state index in [0.717, 1.165) is 13.0 Å². The lowest BCUT2D eigenvalue weighted by atomic mass is 9.84. The monoisotopic (exact) mass is 229 g/mol. The van der Waals surface area contributed by atoms with Crippen molar-refractivity contribution in [2.24, 2.45) is 11.1 Å². The van der Waals surface area contributed by atoms with Crippen molar-refractivity contribution in [1.29, 1.82) is 0 Å². The van der Waals surface area contributed by atoms with Crippen molar-refractivity contribution in [2.75, 3.05) is 20.6 Å². The van der Waals surface area contributed by atoms with Crippen molar-refractivity contribution in [3.63, 3.8) is 0 Å². The number of carbonyl (C=O) groups excluding carboxylic acids is 1. The molecule has 0 aliphatic rings. The lowest BCUT2D eigenvalue weighted by molar-refractivity contribution is -0.123. The predicted octanol–water partition coefficient (Wildman–Crippen LogP) is 0.816. The fourth-order valence-corrected chi connectivity index (χ4v) is 1.41. The number of hydrogen-bond donors (Lipinski definition) is 2. The molecule has 0 aliphatic carbocycles. The molecule has 0 radical (unpaired) electrons. The molecule has 0 aliphatic heterocycles. The zero-order valence-electron chi connectivity index (χ0n) is 11.5. The molecule has 4 nitrogen and oxygen atoms in total. The summed E-state index contributed by atoms with van der Waals surface area (Å²) in [7, 11) is 4.07. The first kappa shape index (κ1) is 15.4. The Morgan fingerprint density at radius 2 is 1.88 bits per heavy atom. The predicted molar refractivity (Wildman–Crippen MR) is 68.2 cm³/mol. The van der Waals surface area contributed by atoms with Gasteiger partial charge in [0.2, 0.25) is 5.91 Å². The van der Waals surface area contributed by atoms with Gasteiger partial charge in [-0.05, 0) is 39.4 Å². The van der Waals surface area contributed by atoms with Crippen LogP contribution in [0.4, 0.5) is 0 Å². The Morgan fingerprint density at radius 1 is 1.38 bits per heavy atom.